The first kappa shape index (κ1) is 14.5. The molecule has 0 heterocycles. The molecule has 0 aromatic heterocycles. The van der Waals surface area contributed by atoms with E-state index in [-0.39, 0.29) is 16.7 Å². The first-order chi connectivity index (χ1) is 8.99. The number of anilines is 1. The second-order valence-electron chi connectivity index (χ2n) is 5.07. The number of nitrogens with two attached hydrogens (primary N) is 1. The predicted octanol–water partition coefficient (Wildman–Crippen LogP) is 2.91. The van der Waals surface area contributed by atoms with Crippen LogP contribution in [0.5, 0.6) is 0 Å². The van der Waals surface area contributed by atoms with Crippen LogP contribution in [0.1, 0.15) is 25.7 Å². The largest absolute Gasteiger partial charge is 0.366 e. The zero-order valence-electron chi connectivity index (χ0n) is 10.9. The molecule has 0 radical (unpaired) electrons. The Hall–Kier alpha value is -0.890. The van der Waals surface area contributed by atoms with E-state index in [1.165, 1.54) is 0 Å². The van der Waals surface area contributed by atoms with Crippen molar-refractivity contribution in [1.82, 2.24) is 0 Å². The molecule has 19 heavy (non-hydrogen) atoms. The Bertz CT molecular complexity index is 473. The Kier molecular flexibility index (Phi) is 4.62. The summed E-state index contributed by atoms with van der Waals surface area (Å²) in [6, 6.07) is 6.01. The van der Waals surface area contributed by atoms with Crippen molar-refractivity contribution < 1.29 is 4.92 Å². The van der Waals surface area contributed by atoms with Crippen LogP contribution in [-0.4, -0.2) is 24.1 Å². The Balaban J connectivity index is 2.23. The van der Waals surface area contributed by atoms with E-state index in [0.717, 1.165) is 29.3 Å². The zero-order chi connectivity index (χ0) is 14.0. The summed E-state index contributed by atoms with van der Waals surface area (Å²) in [5, 5.41) is 11.2. The van der Waals surface area contributed by atoms with Gasteiger partial charge < -0.3 is 10.6 Å². The van der Waals surface area contributed by atoms with Crippen LogP contribution in [0.4, 0.5) is 11.4 Å². The molecule has 0 bridgehead atoms. The summed E-state index contributed by atoms with van der Waals surface area (Å²) in [6.07, 6.45) is 3.99. The van der Waals surface area contributed by atoms with Gasteiger partial charge in [-0.15, -0.1) is 0 Å². The minimum Gasteiger partial charge on any atom is -0.366 e. The van der Waals surface area contributed by atoms with Gasteiger partial charge in [0.2, 0.25) is 0 Å². The lowest BCUT2D eigenvalue weighted by atomic mass is 9.90. The monoisotopic (exact) mass is 375 g/mol. The standard InChI is InChI=1S/C13H18IN3O2/c1-16(11-5-3-10(15)4-6-11)12-7-2-9(14)8-13(12)17(18)19/h2,7-8,10-11H,3-6,15H2,1H3. The number of nitrogens with zero attached hydrogens (tertiary/aromatic N) is 2. The van der Waals surface area contributed by atoms with Gasteiger partial charge in [-0.05, 0) is 60.4 Å². The van der Waals surface area contributed by atoms with Crippen molar-refractivity contribution in [2.45, 2.75) is 37.8 Å². The maximum atomic E-state index is 11.2. The van der Waals surface area contributed by atoms with Gasteiger partial charge in [0.25, 0.3) is 5.69 Å². The Labute approximate surface area is 126 Å². The lowest BCUT2D eigenvalue weighted by Crippen LogP contribution is -2.39. The van der Waals surface area contributed by atoms with E-state index in [0.29, 0.717) is 11.7 Å². The summed E-state index contributed by atoms with van der Waals surface area (Å²) in [6.45, 7) is 0. The summed E-state index contributed by atoms with van der Waals surface area (Å²) < 4.78 is 0.882. The molecule has 2 N–H and O–H groups in total. The number of halogens is 1. The Morgan fingerprint density at radius 3 is 2.58 bits per heavy atom. The van der Waals surface area contributed by atoms with Gasteiger partial charge >= 0.3 is 0 Å². The first-order valence-electron chi connectivity index (χ1n) is 6.41. The molecular formula is C13H18IN3O2. The number of rotatable bonds is 3. The SMILES string of the molecule is CN(c1ccc(I)cc1[N+](=O)[O-])C1CCC(N)CC1. The summed E-state index contributed by atoms with van der Waals surface area (Å²) in [4.78, 5) is 12.9. The third-order valence-electron chi connectivity index (χ3n) is 3.80. The molecule has 0 unspecified atom stereocenters. The van der Waals surface area contributed by atoms with Crippen molar-refractivity contribution in [2.75, 3.05) is 11.9 Å². The highest BCUT2D eigenvalue weighted by Crippen LogP contribution is 2.33. The van der Waals surface area contributed by atoms with E-state index >= 15 is 0 Å². The molecule has 104 valence electrons. The van der Waals surface area contributed by atoms with Gasteiger partial charge in [0.1, 0.15) is 5.69 Å². The summed E-state index contributed by atoms with van der Waals surface area (Å²) in [7, 11) is 1.94. The molecule has 0 aliphatic heterocycles. The molecule has 2 rings (SSSR count). The van der Waals surface area contributed by atoms with Crippen LogP contribution >= 0.6 is 22.6 Å². The molecule has 1 aliphatic rings. The van der Waals surface area contributed by atoms with Crippen molar-refractivity contribution in [3.05, 3.63) is 31.9 Å². The molecule has 1 aromatic carbocycles. The van der Waals surface area contributed by atoms with Gasteiger partial charge in [-0.25, -0.2) is 0 Å². The van der Waals surface area contributed by atoms with E-state index in [1.54, 1.807) is 6.07 Å². The highest BCUT2D eigenvalue weighted by Gasteiger charge is 2.26. The van der Waals surface area contributed by atoms with Crippen LogP contribution in [0, 0.1) is 13.7 Å². The van der Waals surface area contributed by atoms with Crippen molar-refractivity contribution >= 4 is 34.0 Å². The average molecular weight is 375 g/mol. The molecule has 0 amide bonds. The first-order valence-corrected chi connectivity index (χ1v) is 7.49. The molecule has 0 saturated heterocycles. The Morgan fingerprint density at radius 2 is 2.00 bits per heavy atom. The Morgan fingerprint density at radius 1 is 1.37 bits per heavy atom. The normalized spacial score (nSPS) is 23.1. The molecule has 1 aliphatic carbocycles. The van der Waals surface area contributed by atoms with E-state index in [4.69, 9.17) is 5.73 Å². The second-order valence-corrected chi connectivity index (χ2v) is 6.32. The second kappa shape index (κ2) is 6.04. The van der Waals surface area contributed by atoms with E-state index in [2.05, 4.69) is 22.6 Å². The fourth-order valence-corrected chi connectivity index (χ4v) is 3.10. The number of hydrogen-bond donors (Lipinski definition) is 1. The average Bonchev–Trinajstić information content (AvgIpc) is 2.38. The smallest absolute Gasteiger partial charge is 0.293 e. The number of nitro benzene ring substituents is 1. The van der Waals surface area contributed by atoms with E-state index in [1.807, 2.05) is 24.1 Å². The highest BCUT2D eigenvalue weighted by atomic mass is 127. The van der Waals surface area contributed by atoms with E-state index in [9.17, 15) is 10.1 Å². The van der Waals surface area contributed by atoms with Crippen LogP contribution in [-0.2, 0) is 0 Å². The van der Waals surface area contributed by atoms with Crippen molar-refractivity contribution in [3.63, 3.8) is 0 Å². The molecule has 1 aromatic rings. The molecule has 0 atom stereocenters. The van der Waals surface area contributed by atoms with Gasteiger partial charge in [-0.1, -0.05) is 0 Å². The van der Waals surface area contributed by atoms with Gasteiger partial charge in [0.15, 0.2) is 0 Å². The molecule has 1 fully saturated rings. The maximum Gasteiger partial charge on any atom is 0.293 e. The summed E-state index contributed by atoms with van der Waals surface area (Å²) in [5.41, 5.74) is 6.79. The third-order valence-corrected chi connectivity index (χ3v) is 4.47. The van der Waals surface area contributed by atoms with Gasteiger partial charge in [-0.2, -0.15) is 0 Å². The van der Waals surface area contributed by atoms with Crippen molar-refractivity contribution in [2.24, 2.45) is 5.73 Å². The number of nitro groups is 1. The fourth-order valence-electron chi connectivity index (χ4n) is 2.63. The van der Waals surface area contributed by atoms with Crippen LogP contribution in [0.15, 0.2) is 18.2 Å². The number of hydrogen-bond acceptors (Lipinski definition) is 4. The van der Waals surface area contributed by atoms with Crippen LogP contribution in [0.3, 0.4) is 0 Å². The summed E-state index contributed by atoms with van der Waals surface area (Å²) >= 11 is 2.10. The van der Waals surface area contributed by atoms with Crippen molar-refractivity contribution in [1.29, 1.82) is 0 Å². The quantitative estimate of drug-likeness (QED) is 0.501. The fraction of sp³-hybridized carbons (Fsp3) is 0.538. The zero-order valence-corrected chi connectivity index (χ0v) is 13.0. The number of benzene rings is 1. The van der Waals surface area contributed by atoms with Crippen LogP contribution in [0.25, 0.3) is 0 Å². The molecule has 6 heteroatoms. The van der Waals surface area contributed by atoms with Crippen molar-refractivity contribution in [3.8, 4) is 0 Å². The minimum atomic E-state index is -0.303. The van der Waals surface area contributed by atoms with Gasteiger partial charge in [-0.3, -0.25) is 10.1 Å². The third kappa shape index (κ3) is 3.36. The maximum absolute atomic E-state index is 11.2. The molecule has 1 saturated carbocycles. The van der Waals surface area contributed by atoms with Crippen LogP contribution in [0.2, 0.25) is 0 Å². The topological polar surface area (TPSA) is 72.4 Å². The summed E-state index contributed by atoms with van der Waals surface area (Å²) in [5.74, 6) is 0. The molecular weight excluding hydrogens is 357 g/mol. The van der Waals surface area contributed by atoms with E-state index < -0.39 is 0 Å². The lowest BCUT2D eigenvalue weighted by molar-refractivity contribution is -0.384. The van der Waals surface area contributed by atoms with Crippen LogP contribution < -0.4 is 10.6 Å². The molecule has 5 nitrogen and oxygen atoms in total. The molecule has 0 spiro atoms. The van der Waals surface area contributed by atoms with Gasteiger partial charge in [0.05, 0.1) is 4.92 Å². The van der Waals surface area contributed by atoms with Gasteiger partial charge in [0, 0.05) is 28.8 Å². The minimum absolute atomic E-state index is 0.185. The highest BCUT2D eigenvalue weighted by molar-refractivity contribution is 14.1. The predicted molar refractivity (Wildman–Crippen MR) is 84.4 cm³/mol. The lowest BCUT2D eigenvalue weighted by Gasteiger charge is -2.34.